The second-order valence-corrected chi connectivity index (χ2v) is 14.9. The minimum Gasteiger partial charge on any atom is -0.362 e. The van der Waals surface area contributed by atoms with E-state index in [1.165, 1.54) is 31.5 Å². The first-order valence-electron chi connectivity index (χ1n) is 18.1. The Balaban J connectivity index is 1.25. The molecule has 252 valence electrons. The number of halogens is 2. The van der Waals surface area contributed by atoms with Crippen LogP contribution in [0.15, 0.2) is 36.8 Å². The number of fused-ring (bicyclic) bond motifs is 1. The van der Waals surface area contributed by atoms with Gasteiger partial charge >= 0.3 is 0 Å². The van der Waals surface area contributed by atoms with Crippen LogP contribution in [0, 0.1) is 17.8 Å². The molecule has 1 saturated heterocycles. The first-order valence-corrected chi connectivity index (χ1v) is 18.1. The van der Waals surface area contributed by atoms with Crippen molar-refractivity contribution in [2.45, 2.75) is 135 Å². The molecule has 5 rings (SSSR count). The summed E-state index contributed by atoms with van der Waals surface area (Å²) in [4.78, 5) is 7.40. The van der Waals surface area contributed by atoms with Crippen LogP contribution in [0.5, 0.6) is 0 Å². The molecule has 7 atom stereocenters. The van der Waals surface area contributed by atoms with Crippen molar-refractivity contribution in [1.29, 1.82) is 0 Å². The van der Waals surface area contributed by atoms with E-state index in [1.807, 2.05) is 6.33 Å². The van der Waals surface area contributed by atoms with Crippen LogP contribution in [-0.2, 0) is 6.54 Å². The van der Waals surface area contributed by atoms with Crippen LogP contribution in [0.4, 0.5) is 14.6 Å². The Kier molecular flexibility index (Phi) is 11.6. The molecule has 6 nitrogen and oxygen atoms in total. The molecule has 2 aliphatic carbocycles. The molecule has 1 aromatic carbocycles. The highest BCUT2D eigenvalue weighted by molar-refractivity contribution is 5.46. The third kappa shape index (κ3) is 8.10. The van der Waals surface area contributed by atoms with Gasteiger partial charge in [-0.2, -0.15) is 0 Å². The number of nitrogens with zero attached hydrogens (tertiary/aromatic N) is 3. The number of para-hydroxylation sites is 1. The molecule has 0 amide bonds. The average molecular weight is 627 g/mol. The number of piperidine rings is 1. The lowest BCUT2D eigenvalue weighted by Crippen LogP contribution is -2.66. The quantitative estimate of drug-likeness (QED) is 0.201. The largest absolute Gasteiger partial charge is 0.362 e. The van der Waals surface area contributed by atoms with Gasteiger partial charge in [0.2, 0.25) is 0 Å². The Morgan fingerprint density at radius 1 is 1.02 bits per heavy atom. The van der Waals surface area contributed by atoms with Gasteiger partial charge in [0, 0.05) is 31.1 Å². The summed E-state index contributed by atoms with van der Waals surface area (Å²) in [6, 6.07) is 8.84. The van der Waals surface area contributed by atoms with E-state index in [0.717, 1.165) is 69.7 Å². The van der Waals surface area contributed by atoms with Crippen molar-refractivity contribution in [3.05, 3.63) is 42.4 Å². The number of imidazole rings is 1. The third-order valence-corrected chi connectivity index (χ3v) is 11.6. The predicted molar refractivity (Wildman–Crippen MR) is 183 cm³/mol. The van der Waals surface area contributed by atoms with Crippen molar-refractivity contribution in [3.63, 3.8) is 0 Å². The molecule has 5 unspecified atom stereocenters. The highest BCUT2D eigenvalue weighted by Gasteiger charge is 2.47. The number of likely N-dealkylation sites (tertiary alicyclic amines) is 1. The number of alkyl halides is 2. The van der Waals surface area contributed by atoms with E-state index >= 15 is 0 Å². The Morgan fingerprint density at radius 3 is 2.62 bits per heavy atom. The molecule has 3 fully saturated rings. The second kappa shape index (κ2) is 15.2. The normalized spacial score (nSPS) is 29.2. The van der Waals surface area contributed by atoms with Gasteiger partial charge in [0.1, 0.15) is 24.5 Å². The molecule has 3 N–H and O–H groups in total. The summed E-state index contributed by atoms with van der Waals surface area (Å²) in [5.41, 5.74) is 1.91. The lowest BCUT2D eigenvalue weighted by Gasteiger charge is -2.52. The fraction of sp³-hybridized carbons (Fsp3) is 0.757. The van der Waals surface area contributed by atoms with Crippen molar-refractivity contribution in [2.75, 3.05) is 31.5 Å². The molecular formula is C37H60F2N6. The van der Waals surface area contributed by atoms with E-state index in [2.05, 4.69) is 90.5 Å². The van der Waals surface area contributed by atoms with Crippen molar-refractivity contribution in [2.24, 2.45) is 17.8 Å². The van der Waals surface area contributed by atoms with Gasteiger partial charge in [0.25, 0.3) is 0 Å². The highest BCUT2D eigenvalue weighted by atomic mass is 19.1. The molecule has 1 aromatic heterocycles. The summed E-state index contributed by atoms with van der Waals surface area (Å²) in [6.45, 7) is 16.8. The standard InChI is InChI=1S/C37H60F2N6/c1-6-17-37(7-2,42-31-16-15-28-19-30(38)20-33(39)32(28)21-31)36(4,5)43-35-25-45(26-41-35)34-14-10-9-13-29(34)23-40-22-27-12-11-18-44(8-3)24-27/h9-10,13-14,25-28,30-33,40,42-43H,6-8,11-12,15-24H2,1-5H3/t27?,28?,30?,31?,32?,33-,37+/m1/s1. The van der Waals surface area contributed by atoms with Gasteiger partial charge in [-0.15, -0.1) is 0 Å². The van der Waals surface area contributed by atoms with Crippen LogP contribution in [0.1, 0.15) is 104 Å². The van der Waals surface area contributed by atoms with E-state index in [9.17, 15) is 8.78 Å². The predicted octanol–water partition coefficient (Wildman–Crippen LogP) is 7.68. The van der Waals surface area contributed by atoms with E-state index < -0.39 is 12.3 Å². The van der Waals surface area contributed by atoms with Gasteiger partial charge in [-0.25, -0.2) is 13.8 Å². The molecule has 2 heterocycles. The Labute approximate surface area is 271 Å². The first-order chi connectivity index (χ1) is 21.7. The molecule has 2 aromatic rings. The molecule has 0 radical (unpaired) electrons. The molecule has 1 aliphatic heterocycles. The Bertz CT molecular complexity index is 1200. The molecule has 45 heavy (non-hydrogen) atoms. The Morgan fingerprint density at radius 2 is 1.84 bits per heavy atom. The second-order valence-electron chi connectivity index (χ2n) is 14.9. The van der Waals surface area contributed by atoms with E-state index in [4.69, 9.17) is 4.98 Å². The molecule has 0 bridgehead atoms. The minimum absolute atomic E-state index is 0.0190. The number of benzene rings is 1. The zero-order chi connectivity index (χ0) is 32.0. The monoisotopic (exact) mass is 626 g/mol. The van der Waals surface area contributed by atoms with Crippen molar-refractivity contribution >= 4 is 5.82 Å². The molecular weight excluding hydrogens is 566 g/mol. The number of aromatic nitrogens is 2. The number of nitrogens with one attached hydrogen (secondary N) is 3. The third-order valence-electron chi connectivity index (χ3n) is 11.6. The molecule has 2 saturated carbocycles. The average Bonchev–Trinajstić information content (AvgIpc) is 3.48. The van der Waals surface area contributed by atoms with E-state index in [-0.39, 0.29) is 35.4 Å². The zero-order valence-electron chi connectivity index (χ0n) is 28.6. The summed E-state index contributed by atoms with van der Waals surface area (Å²) in [7, 11) is 0. The number of hydrogen-bond acceptors (Lipinski definition) is 5. The van der Waals surface area contributed by atoms with Gasteiger partial charge in [-0.05, 0) is 114 Å². The summed E-state index contributed by atoms with van der Waals surface area (Å²) in [5.74, 6) is 1.74. The summed E-state index contributed by atoms with van der Waals surface area (Å²) >= 11 is 0. The molecule has 0 spiro atoms. The summed E-state index contributed by atoms with van der Waals surface area (Å²) in [5, 5.41) is 11.7. The van der Waals surface area contributed by atoms with E-state index in [0.29, 0.717) is 12.3 Å². The maximum absolute atomic E-state index is 15.0. The number of anilines is 1. The summed E-state index contributed by atoms with van der Waals surface area (Å²) < 4.78 is 31.2. The first kappa shape index (κ1) is 34.3. The van der Waals surface area contributed by atoms with Crippen LogP contribution in [0.3, 0.4) is 0 Å². The molecule has 3 aliphatic rings. The number of rotatable bonds is 14. The van der Waals surface area contributed by atoms with Gasteiger partial charge in [-0.1, -0.05) is 45.4 Å². The zero-order valence-corrected chi connectivity index (χ0v) is 28.6. The van der Waals surface area contributed by atoms with Gasteiger partial charge in [0.05, 0.1) is 17.4 Å². The fourth-order valence-corrected chi connectivity index (χ4v) is 8.97. The molecule has 8 heteroatoms. The van der Waals surface area contributed by atoms with Crippen LogP contribution >= 0.6 is 0 Å². The van der Waals surface area contributed by atoms with Gasteiger partial charge in [0.15, 0.2) is 0 Å². The SMILES string of the molecule is CCC[C@](CC)(NC1CCC2CC(F)C[C@@H](F)C2C1)C(C)(C)Nc1cn(-c2ccccc2CNCC2CCCN(CC)C2)cn1. The smallest absolute Gasteiger partial charge is 0.145 e. The van der Waals surface area contributed by atoms with Crippen LogP contribution in [0.25, 0.3) is 5.69 Å². The van der Waals surface area contributed by atoms with Crippen LogP contribution in [-0.4, -0.2) is 70.1 Å². The van der Waals surface area contributed by atoms with Crippen molar-refractivity contribution in [3.8, 4) is 5.69 Å². The van der Waals surface area contributed by atoms with Gasteiger partial charge in [-0.3, -0.25) is 0 Å². The highest BCUT2D eigenvalue weighted by Crippen LogP contribution is 2.44. The fourth-order valence-electron chi connectivity index (χ4n) is 8.97. The maximum atomic E-state index is 15.0. The minimum atomic E-state index is -1.02. The van der Waals surface area contributed by atoms with Gasteiger partial charge < -0.3 is 25.4 Å². The van der Waals surface area contributed by atoms with Crippen molar-refractivity contribution < 1.29 is 8.78 Å². The van der Waals surface area contributed by atoms with Crippen molar-refractivity contribution in [1.82, 2.24) is 25.1 Å². The maximum Gasteiger partial charge on any atom is 0.145 e. The van der Waals surface area contributed by atoms with E-state index in [1.54, 1.807) is 0 Å². The summed E-state index contributed by atoms with van der Waals surface area (Å²) in [6.07, 6.45) is 11.0. The topological polar surface area (TPSA) is 57.1 Å². The lowest BCUT2D eigenvalue weighted by atomic mass is 9.66. The van der Waals surface area contributed by atoms with Crippen LogP contribution < -0.4 is 16.0 Å². The number of hydrogen-bond donors (Lipinski definition) is 3. The Hall–Kier alpha value is -2.03. The lowest BCUT2D eigenvalue weighted by molar-refractivity contribution is 0.00871. The van der Waals surface area contributed by atoms with Crippen LogP contribution in [0.2, 0.25) is 0 Å².